The molecule has 1 aliphatic rings. The molecule has 2 nitrogen and oxygen atoms in total. The highest BCUT2D eigenvalue weighted by Gasteiger charge is 2.13. The summed E-state index contributed by atoms with van der Waals surface area (Å²) in [6.45, 7) is 0. The molecule has 11 heavy (non-hydrogen) atoms. The molecule has 62 valence electrons. The van der Waals surface area contributed by atoms with Gasteiger partial charge in [0.2, 0.25) is 0 Å². The van der Waals surface area contributed by atoms with Gasteiger partial charge in [-0.15, -0.1) is 0 Å². The number of hydrogen-bond acceptors (Lipinski definition) is 2. The van der Waals surface area contributed by atoms with Gasteiger partial charge < -0.3 is 0 Å². The van der Waals surface area contributed by atoms with Crippen molar-refractivity contribution >= 4 is 21.4 Å². The summed E-state index contributed by atoms with van der Waals surface area (Å²) in [5, 5.41) is 0.525. The molecule has 0 aromatic rings. The fraction of sp³-hybridized carbons (Fsp3) is 0.429. The van der Waals surface area contributed by atoms with Crippen LogP contribution in [0.5, 0.6) is 0 Å². The molecule has 0 unspecified atom stereocenters. The zero-order valence-electron chi connectivity index (χ0n) is 6.17. The van der Waals surface area contributed by atoms with Crippen LogP contribution in [0.25, 0.3) is 0 Å². The zero-order valence-corrected chi connectivity index (χ0v) is 7.74. The first kappa shape index (κ1) is 8.81. The van der Waals surface area contributed by atoms with Crippen LogP contribution < -0.4 is 0 Å². The third-order valence-electron chi connectivity index (χ3n) is 1.51. The standard InChI is InChI=1S/C7H9ClO2S/c1-11(9,10)7-4-2-3-6(8)5-7/h3,5H,2,4H2,1H3. The second kappa shape index (κ2) is 2.99. The van der Waals surface area contributed by atoms with Gasteiger partial charge in [0.25, 0.3) is 0 Å². The molecule has 0 atom stereocenters. The van der Waals surface area contributed by atoms with Crippen molar-refractivity contribution in [2.75, 3.05) is 6.26 Å². The molecule has 0 N–H and O–H groups in total. The maximum atomic E-state index is 11.0. The highest BCUT2D eigenvalue weighted by Crippen LogP contribution is 2.22. The van der Waals surface area contributed by atoms with Crippen LogP contribution in [0, 0.1) is 0 Å². The smallest absolute Gasteiger partial charge is 0.171 e. The molecule has 1 rings (SSSR count). The molecule has 0 saturated heterocycles. The Kier molecular flexibility index (Phi) is 2.40. The van der Waals surface area contributed by atoms with Crippen LogP contribution in [0.2, 0.25) is 0 Å². The van der Waals surface area contributed by atoms with Gasteiger partial charge in [-0.05, 0) is 18.9 Å². The zero-order chi connectivity index (χ0) is 8.48. The minimum Gasteiger partial charge on any atom is -0.224 e. The van der Waals surface area contributed by atoms with Gasteiger partial charge in [0, 0.05) is 16.2 Å². The molecule has 0 spiro atoms. The second-order valence-corrected chi connectivity index (χ2v) is 5.02. The number of rotatable bonds is 1. The van der Waals surface area contributed by atoms with Gasteiger partial charge in [0.05, 0.1) is 0 Å². The Labute approximate surface area is 71.5 Å². The topological polar surface area (TPSA) is 34.1 Å². The molecule has 0 radical (unpaired) electrons. The third-order valence-corrected chi connectivity index (χ3v) is 3.04. The van der Waals surface area contributed by atoms with E-state index in [2.05, 4.69) is 0 Å². The van der Waals surface area contributed by atoms with Crippen LogP contribution >= 0.6 is 11.6 Å². The van der Waals surface area contributed by atoms with Crippen LogP contribution in [0.4, 0.5) is 0 Å². The summed E-state index contributed by atoms with van der Waals surface area (Å²) < 4.78 is 22.0. The van der Waals surface area contributed by atoms with E-state index >= 15 is 0 Å². The largest absolute Gasteiger partial charge is 0.224 e. The van der Waals surface area contributed by atoms with Gasteiger partial charge in [0.1, 0.15) is 0 Å². The molecular weight excluding hydrogens is 184 g/mol. The minimum absolute atomic E-state index is 0.435. The van der Waals surface area contributed by atoms with Crippen LogP contribution in [0.15, 0.2) is 22.1 Å². The first-order chi connectivity index (χ1) is 5.00. The Hall–Kier alpha value is -0.280. The Balaban J connectivity index is 3.00. The quantitative estimate of drug-likeness (QED) is 0.635. The molecule has 0 heterocycles. The fourth-order valence-corrected chi connectivity index (χ4v) is 2.06. The summed E-state index contributed by atoms with van der Waals surface area (Å²) in [5.74, 6) is 0. The SMILES string of the molecule is CS(=O)(=O)C1=CC(Cl)=CCC1. The summed E-state index contributed by atoms with van der Waals surface area (Å²) in [6.07, 6.45) is 5.83. The molecule has 0 saturated carbocycles. The normalized spacial score (nSPS) is 19.1. The van der Waals surface area contributed by atoms with Gasteiger partial charge in [-0.3, -0.25) is 0 Å². The van der Waals surface area contributed by atoms with E-state index in [1.807, 2.05) is 6.08 Å². The molecule has 0 aromatic heterocycles. The van der Waals surface area contributed by atoms with Crippen LogP contribution in [0.3, 0.4) is 0 Å². The van der Waals surface area contributed by atoms with Crippen LogP contribution in [-0.2, 0) is 9.84 Å². The van der Waals surface area contributed by atoms with E-state index in [-0.39, 0.29) is 0 Å². The van der Waals surface area contributed by atoms with Crippen molar-refractivity contribution in [2.24, 2.45) is 0 Å². The molecule has 4 heteroatoms. The summed E-state index contributed by atoms with van der Waals surface area (Å²) in [7, 11) is -3.02. The maximum Gasteiger partial charge on any atom is 0.171 e. The van der Waals surface area contributed by atoms with E-state index in [9.17, 15) is 8.42 Å². The predicted molar refractivity (Wildman–Crippen MR) is 46.1 cm³/mol. The van der Waals surface area contributed by atoms with Crippen LogP contribution in [0.1, 0.15) is 12.8 Å². The molecule has 0 amide bonds. The number of halogens is 1. The summed E-state index contributed by atoms with van der Waals surface area (Å²) >= 11 is 5.64. The Morgan fingerprint density at radius 3 is 2.55 bits per heavy atom. The minimum atomic E-state index is -3.02. The van der Waals surface area contributed by atoms with Gasteiger partial charge in [-0.2, -0.15) is 0 Å². The maximum absolute atomic E-state index is 11.0. The average Bonchev–Trinajstić information content (AvgIpc) is 1.86. The van der Waals surface area contributed by atoms with Gasteiger partial charge in [-0.1, -0.05) is 17.7 Å². The summed E-state index contributed by atoms with van der Waals surface area (Å²) in [4.78, 5) is 0.435. The molecular formula is C7H9ClO2S. The molecule has 1 aliphatic carbocycles. The van der Waals surface area contributed by atoms with E-state index in [1.54, 1.807) is 0 Å². The van der Waals surface area contributed by atoms with Crippen molar-refractivity contribution in [1.82, 2.24) is 0 Å². The van der Waals surface area contributed by atoms with Crippen molar-refractivity contribution in [2.45, 2.75) is 12.8 Å². The van der Waals surface area contributed by atoms with Gasteiger partial charge in [-0.25, -0.2) is 8.42 Å². The van der Waals surface area contributed by atoms with Crippen molar-refractivity contribution in [3.05, 3.63) is 22.1 Å². The third kappa shape index (κ3) is 2.34. The number of allylic oxidation sites excluding steroid dienone is 4. The van der Waals surface area contributed by atoms with Crippen LogP contribution in [-0.4, -0.2) is 14.7 Å². The van der Waals surface area contributed by atoms with Gasteiger partial charge in [0.15, 0.2) is 9.84 Å². The average molecular weight is 193 g/mol. The Bertz CT molecular complexity index is 311. The lowest BCUT2D eigenvalue weighted by molar-refractivity contribution is 0.605. The lowest BCUT2D eigenvalue weighted by Gasteiger charge is -2.07. The van der Waals surface area contributed by atoms with Crippen molar-refractivity contribution in [3.8, 4) is 0 Å². The van der Waals surface area contributed by atoms with E-state index < -0.39 is 9.84 Å². The van der Waals surface area contributed by atoms with Crippen molar-refractivity contribution < 1.29 is 8.42 Å². The summed E-state index contributed by atoms with van der Waals surface area (Å²) in [5.41, 5.74) is 0. The lowest BCUT2D eigenvalue weighted by atomic mass is 10.2. The van der Waals surface area contributed by atoms with E-state index in [0.29, 0.717) is 16.4 Å². The molecule has 0 aliphatic heterocycles. The monoisotopic (exact) mass is 192 g/mol. The first-order valence-corrected chi connectivity index (χ1v) is 5.53. The highest BCUT2D eigenvalue weighted by atomic mass is 35.5. The first-order valence-electron chi connectivity index (χ1n) is 3.26. The fourth-order valence-electron chi connectivity index (χ4n) is 0.930. The van der Waals surface area contributed by atoms with Crippen molar-refractivity contribution in [1.29, 1.82) is 0 Å². The molecule has 0 fully saturated rings. The number of hydrogen-bond donors (Lipinski definition) is 0. The summed E-state index contributed by atoms with van der Waals surface area (Å²) in [6, 6.07) is 0. The highest BCUT2D eigenvalue weighted by molar-refractivity contribution is 7.94. The Morgan fingerprint density at radius 2 is 2.18 bits per heavy atom. The van der Waals surface area contributed by atoms with Gasteiger partial charge >= 0.3 is 0 Å². The number of sulfone groups is 1. The van der Waals surface area contributed by atoms with E-state index in [0.717, 1.165) is 6.42 Å². The van der Waals surface area contributed by atoms with E-state index in [1.165, 1.54) is 12.3 Å². The Morgan fingerprint density at radius 1 is 1.55 bits per heavy atom. The van der Waals surface area contributed by atoms with Crippen molar-refractivity contribution in [3.63, 3.8) is 0 Å². The second-order valence-electron chi connectivity index (χ2n) is 2.51. The van der Waals surface area contributed by atoms with E-state index in [4.69, 9.17) is 11.6 Å². The lowest BCUT2D eigenvalue weighted by Crippen LogP contribution is -2.02. The predicted octanol–water partition coefficient (Wildman–Crippen LogP) is 1.83. The molecule has 0 bridgehead atoms. The molecule has 0 aromatic carbocycles.